The highest BCUT2D eigenvalue weighted by molar-refractivity contribution is 7.13. The van der Waals surface area contributed by atoms with E-state index in [0.717, 1.165) is 4.90 Å². The van der Waals surface area contributed by atoms with E-state index in [1.54, 1.807) is 66.2 Å². The highest BCUT2D eigenvalue weighted by atomic mass is 32.1. The number of benzene rings is 2. The van der Waals surface area contributed by atoms with E-state index >= 15 is 0 Å². The van der Waals surface area contributed by atoms with Crippen LogP contribution in [0.25, 0.3) is 0 Å². The Bertz CT molecular complexity index is 993. The highest BCUT2D eigenvalue weighted by Crippen LogP contribution is 2.31. The summed E-state index contributed by atoms with van der Waals surface area (Å²) in [6.45, 7) is 0. The molecule has 1 aliphatic heterocycles. The number of urea groups is 1. The number of rotatable bonds is 5. The van der Waals surface area contributed by atoms with Gasteiger partial charge in [-0.3, -0.25) is 14.9 Å². The summed E-state index contributed by atoms with van der Waals surface area (Å²) in [6, 6.07) is 15.1. The van der Waals surface area contributed by atoms with Crippen molar-refractivity contribution < 1.29 is 14.4 Å². The first kappa shape index (κ1) is 17.9. The summed E-state index contributed by atoms with van der Waals surface area (Å²) >= 11 is 1.26. The van der Waals surface area contributed by atoms with Crippen molar-refractivity contribution in [1.29, 1.82) is 0 Å². The molecule has 7 nitrogen and oxygen atoms in total. The molecule has 4 amide bonds. The molecule has 3 aromatic rings. The molecule has 0 aliphatic carbocycles. The number of imide groups is 1. The van der Waals surface area contributed by atoms with E-state index in [1.165, 1.54) is 11.3 Å². The number of carbonyl (C=O) groups excluding carboxylic acids is 3. The lowest BCUT2D eigenvalue weighted by molar-refractivity contribution is -0.134. The smallest absolute Gasteiger partial charge is 0.322 e. The van der Waals surface area contributed by atoms with Gasteiger partial charge in [0.1, 0.15) is 12.1 Å². The van der Waals surface area contributed by atoms with Crippen molar-refractivity contribution in [2.45, 2.75) is 12.1 Å². The van der Waals surface area contributed by atoms with Crippen LogP contribution in [0.4, 0.5) is 9.93 Å². The summed E-state index contributed by atoms with van der Waals surface area (Å²) in [5, 5.41) is 7.50. The zero-order valence-electron chi connectivity index (χ0n) is 14.6. The molecule has 1 aliphatic rings. The van der Waals surface area contributed by atoms with Gasteiger partial charge in [-0.05, 0) is 11.1 Å². The van der Waals surface area contributed by atoms with E-state index in [2.05, 4.69) is 15.6 Å². The zero-order chi connectivity index (χ0) is 19.5. The first-order valence-electron chi connectivity index (χ1n) is 8.59. The van der Waals surface area contributed by atoms with E-state index in [9.17, 15) is 14.4 Å². The van der Waals surface area contributed by atoms with Gasteiger partial charge < -0.3 is 5.32 Å². The third-order valence-electron chi connectivity index (χ3n) is 4.39. The molecule has 0 radical (unpaired) electrons. The van der Waals surface area contributed by atoms with Gasteiger partial charge in [0, 0.05) is 11.6 Å². The Morgan fingerprint density at radius 3 is 2.39 bits per heavy atom. The standard InChI is InChI=1S/C20H16N4O3S/c25-17(23-19-21-11-12-28-19)16(14-9-5-2-6-10-14)24-18(26)15(22-20(24)27)13-7-3-1-4-8-13/h1-12,15-16H,(H,22,27)(H,21,23,25)/t15-,16-/m0/s1. The van der Waals surface area contributed by atoms with Crippen molar-refractivity contribution in [3.05, 3.63) is 83.4 Å². The number of thiazole rings is 1. The lowest BCUT2D eigenvalue weighted by Crippen LogP contribution is -2.41. The number of nitrogens with one attached hydrogen (secondary N) is 2. The third kappa shape index (κ3) is 3.37. The Hall–Kier alpha value is -3.52. The largest absolute Gasteiger partial charge is 0.326 e. The van der Waals surface area contributed by atoms with Crippen molar-refractivity contribution in [2.24, 2.45) is 0 Å². The summed E-state index contributed by atoms with van der Waals surface area (Å²) in [6.07, 6.45) is 1.57. The molecule has 2 heterocycles. The van der Waals surface area contributed by atoms with Gasteiger partial charge in [-0.15, -0.1) is 11.3 Å². The zero-order valence-corrected chi connectivity index (χ0v) is 15.4. The normalized spacial score (nSPS) is 17.3. The molecule has 0 spiro atoms. The monoisotopic (exact) mass is 392 g/mol. The second kappa shape index (κ2) is 7.61. The Morgan fingerprint density at radius 1 is 1.07 bits per heavy atom. The molecule has 28 heavy (non-hydrogen) atoms. The molecule has 0 unspecified atom stereocenters. The Labute approximate surface area is 165 Å². The first-order valence-corrected chi connectivity index (χ1v) is 9.47. The maximum Gasteiger partial charge on any atom is 0.326 e. The molecule has 1 saturated heterocycles. The second-order valence-electron chi connectivity index (χ2n) is 6.14. The van der Waals surface area contributed by atoms with Gasteiger partial charge in [0.15, 0.2) is 5.13 Å². The van der Waals surface area contributed by atoms with Gasteiger partial charge in [-0.1, -0.05) is 60.7 Å². The Balaban J connectivity index is 1.69. The average Bonchev–Trinajstić information content (AvgIpc) is 3.33. The number of carbonyl (C=O) groups is 3. The molecule has 8 heteroatoms. The van der Waals surface area contributed by atoms with Gasteiger partial charge in [-0.25, -0.2) is 14.7 Å². The third-order valence-corrected chi connectivity index (χ3v) is 5.08. The van der Waals surface area contributed by atoms with E-state index in [0.29, 0.717) is 16.3 Å². The van der Waals surface area contributed by atoms with Crippen molar-refractivity contribution in [3.63, 3.8) is 0 Å². The minimum Gasteiger partial charge on any atom is -0.322 e. The molecule has 2 N–H and O–H groups in total. The van der Waals surface area contributed by atoms with Gasteiger partial charge in [0.25, 0.3) is 11.8 Å². The predicted octanol–water partition coefficient (Wildman–Crippen LogP) is 3.12. The van der Waals surface area contributed by atoms with Crippen LogP contribution in [-0.4, -0.2) is 27.7 Å². The number of hydrogen-bond donors (Lipinski definition) is 2. The van der Waals surface area contributed by atoms with Crippen molar-refractivity contribution in [3.8, 4) is 0 Å². The molecule has 1 fully saturated rings. The Kier molecular flexibility index (Phi) is 4.86. The molecule has 140 valence electrons. The molecular formula is C20H16N4O3S. The van der Waals surface area contributed by atoms with Crippen LogP contribution < -0.4 is 10.6 Å². The van der Waals surface area contributed by atoms with Gasteiger partial charge in [0.2, 0.25) is 0 Å². The molecule has 0 bridgehead atoms. The summed E-state index contributed by atoms with van der Waals surface area (Å²) in [4.78, 5) is 43.8. The maximum absolute atomic E-state index is 13.1. The first-order chi connectivity index (χ1) is 13.6. The number of nitrogens with zero attached hydrogens (tertiary/aromatic N) is 2. The SMILES string of the molecule is O=C(Nc1nccs1)[C@H](c1ccccc1)N1C(=O)N[C@@H](c2ccccc2)C1=O. The number of aromatic nitrogens is 1. The van der Waals surface area contributed by atoms with Crippen molar-refractivity contribution in [1.82, 2.24) is 15.2 Å². The fourth-order valence-corrected chi connectivity index (χ4v) is 3.65. The van der Waals surface area contributed by atoms with Gasteiger partial charge in [0.05, 0.1) is 0 Å². The summed E-state index contributed by atoms with van der Waals surface area (Å²) in [5.41, 5.74) is 1.20. The fourth-order valence-electron chi connectivity index (χ4n) is 3.12. The minimum absolute atomic E-state index is 0.401. The van der Waals surface area contributed by atoms with Crippen LogP contribution in [0.3, 0.4) is 0 Å². The predicted molar refractivity (Wildman–Crippen MR) is 104 cm³/mol. The van der Waals surface area contributed by atoms with Crippen LogP contribution in [0.15, 0.2) is 72.2 Å². The van der Waals surface area contributed by atoms with Crippen LogP contribution in [0.5, 0.6) is 0 Å². The topological polar surface area (TPSA) is 91.4 Å². The summed E-state index contributed by atoms with van der Waals surface area (Å²) in [7, 11) is 0. The van der Waals surface area contributed by atoms with Crippen LogP contribution in [0.1, 0.15) is 23.2 Å². The van der Waals surface area contributed by atoms with E-state index in [1.807, 2.05) is 6.07 Å². The van der Waals surface area contributed by atoms with Crippen LogP contribution in [-0.2, 0) is 9.59 Å². The highest BCUT2D eigenvalue weighted by Gasteiger charge is 2.46. The molecule has 0 saturated carbocycles. The molecule has 2 atom stereocenters. The minimum atomic E-state index is -1.11. The number of amides is 4. The van der Waals surface area contributed by atoms with Crippen LogP contribution in [0.2, 0.25) is 0 Å². The Morgan fingerprint density at radius 2 is 1.75 bits per heavy atom. The van der Waals surface area contributed by atoms with E-state index < -0.39 is 29.9 Å². The fraction of sp³-hybridized carbons (Fsp3) is 0.100. The molecule has 4 rings (SSSR count). The molecule has 1 aromatic heterocycles. The number of anilines is 1. The van der Waals surface area contributed by atoms with Gasteiger partial charge >= 0.3 is 6.03 Å². The lowest BCUT2D eigenvalue weighted by atomic mass is 10.0. The van der Waals surface area contributed by atoms with Gasteiger partial charge in [-0.2, -0.15) is 0 Å². The molecular weight excluding hydrogens is 376 g/mol. The summed E-state index contributed by atoms with van der Waals surface area (Å²) < 4.78 is 0. The summed E-state index contributed by atoms with van der Waals surface area (Å²) in [5.74, 6) is -0.974. The van der Waals surface area contributed by atoms with E-state index in [-0.39, 0.29) is 0 Å². The quantitative estimate of drug-likeness (QED) is 0.653. The van der Waals surface area contributed by atoms with Crippen molar-refractivity contribution >= 4 is 34.3 Å². The lowest BCUT2D eigenvalue weighted by Gasteiger charge is -2.24. The molecule has 2 aromatic carbocycles. The van der Waals surface area contributed by atoms with E-state index in [4.69, 9.17) is 0 Å². The van der Waals surface area contributed by atoms with Crippen LogP contribution in [0, 0.1) is 0 Å². The second-order valence-corrected chi connectivity index (χ2v) is 7.04. The van der Waals surface area contributed by atoms with Crippen molar-refractivity contribution in [2.75, 3.05) is 5.32 Å². The average molecular weight is 392 g/mol. The maximum atomic E-state index is 13.1. The number of hydrogen-bond acceptors (Lipinski definition) is 5. The van der Waals surface area contributed by atoms with Crippen LogP contribution >= 0.6 is 11.3 Å².